The number of fused-ring (bicyclic) bond motifs is 3. The maximum absolute atomic E-state index is 14.9. The summed E-state index contributed by atoms with van der Waals surface area (Å²) in [6, 6.07) is 10.8. The lowest BCUT2D eigenvalue weighted by Gasteiger charge is -2.25. The molecule has 12 heteroatoms. The Morgan fingerprint density at radius 2 is 1.88 bits per heavy atom. The molecule has 5 N–H and O–H groups in total. The smallest absolute Gasteiger partial charge is 0.299 e. The van der Waals surface area contributed by atoms with Crippen molar-refractivity contribution in [1.29, 1.82) is 5.41 Å². The van der Waals surface area contributed by atoms with Crippen LogP contribution < -0.4 is 16.4 Å². The van der Waals surface area contributed by atoms with Gasteiger partial charge >= 0.3 is 0 Å². The van der Waals surface area contributed by atoms with Crippen molar-refractivity contribution >= 4 is 34.9 Å². The summed E-state index contributed by atoms with van der Waals surface area (Å²) in [6.07, 6.45) is 0.396. The van der Waals surface area contributed by atoms with E-state index in [0.717, 1.165) is 4.88 Å². The zero-order chi connectivity index (χ0) is 30.2. The van der Waals surface area contributed by atoms with Crippen molar-refractivity contribution in [3.63, 3.8) is 0 Å². The fourth-order valence-electron chi connectivity index (χ4n) is 5.58. The van der Waals surface area contributed by atoms with Crippen LogP contribution in [0, 0.1) is 11.3 Å². The van der Waals surface area contributed by atoms with E-state index in [-0.39, 0.29) is 59.0 Å². The Labute approximate surface area is 245 Å². The number of ether oxygens (including phenoxy) is 1. The lowest BCUT2D eigenvalue weighted by molar-refractivity contribution is -0.138. The Bertz CT molecular complexity index is 1560. The Morgan fingerprint density at radius 1 is 1.14 bits per heavy atom. The largest absolute Gasteiger partial charge is 0.384 e. The number of carbonyl (C=O) groups is 3. The number of benzene rings is 2. The first-order valence-electron chi connectivity index (χ1n) is 13.4. The Hall–Kier alpha value is -4.16. The van der Waals surface area contributed by atoms with Gasteiger partial charge in [-0.1, -0.05) is 30.3 Å². The molecule has 2 heterocycles. The van der Waals surface area contributed by atoms with Crippen LogP contribution in [0.4, 0.5) is 8.78 Å². The van der Waals surface area contributed by atoms with E-state index < -0.39 is 23.8 Å². The zero-order valence-electron chi connectivity index (χ0n) is 23.1. The SMILES string of the molecule is COC[C@@H]1C[C@@H](C(=O)N[C@H](C)c2cc(C(=N)N)cs2)N(C(=O)CNC(=O)c2ccc3c(c2)-c2ccccc2C3(F)F)C1. The number of alkyl halides is 2. The van der Waals surface area contributed by atoms with E-state index in [0.29, 0.717) is 24.2 Å². The molecule has 0 radical (unpaired) electrons. The van der Waals surface area contributed by atoms with Gasteiger partial charge in [-0.15, -0.1) is 11.3 Å². The summed E-state index contributed by atoms with van der Waals surface area (Å²) in [6.45, 7) is 2.10. The molecule has 3 amide bonds. The van der Waals surface area contributed by atoms with Crippen molar-refractivity contribution in [3.8, 4) is 11.1 Å². The summed E-state index contributed by atoms with van der Waals surface area (Å²) in [5, 5.41) is 14.9. The molecule has 1 aliphatic heterocycles. The molecule has 42 heavy (non-hydrogen) atoms. The van der Waals surface area contributed by atoms with Gasteiger partial charge in [0.25, 0.3) is 11.8 Å². The third-order valence-corrected chi connectivity index (χ3v) is 8.82. The summed E-state index contributed by atoms with van der Waals surface area (Å²) >= 11 is 1.37. The van der Waals surface area contributed by atoms with Gasteiger partial charge < -0.3 is 26.0 Å². The number of rotatable bonds is 9. The predicted molar refractivity (Wildman–Crippen MR) is 155 cm³/mol. The molecule has 1 aromatic heterocycles. The van der Waals surface area contributed by atoms with E-state index >= 15 is 0 Å². The normalized spacial score (nSPS) is 19.1. The highest BCUT2D eigenvalue weighted by Gasteiger charge is 2.44. The van der Waals surface area contributed by atoms with E-state index in [1.165, 1.54) is 40.5 Å². The van der Waals surface area contributed by atoms with E-state index in [1.807, 2.05) is 6.92 Å². The molecule has 0 unspecified atom stereocenters. The number of hydrogen-bond donors (Lipinski definition) is 4. The highest BCUT2D eigenvalue weighted by Crippen LogP contribution is 2.50. The van der Waals surface area contributed by atoms with E-state index in [4.69, 9.17) is 15.9 Å². The molecule has 9 nitrogen and oxygen atoms in total. The van der Waals surface area contributed by atoms with Gasteiger partial charge in [0.1, 0.15) is 11.9 Å². The zero-order valence-corrected chi connectivity index (χ0v) is 23.9. The quantitative estimate of drug-likeness (QED) is 0.221. The monoisotopic (exact) mass is 595 g/mol. The summed E-state index contributed by atoms with van der Waals surface area (Å²) in [7, 11) is 1.55. The molecule has 2 aliphatic rings. The summed E-state index contributed by atoms with van der Waals surface area (Å²) < 4.78 is 35.0. The van der Waals surface area contributed by atoms with E-state index in [2.05, 4.69) is 10.6 Å². The van der Waals surface area contributed by atoms with Crippen molar-refractivity contribution in [1.82, 2.24) is 15.5 Å². The molecule has 1 saturated heterocycles. The minimum Gasteiger partial charge on any atom is -0.384 e. The summed E-state index contributed by atoms with van der Waals surface area (Å²) in [4.78, 5) is 41.8. The van der Waals surface area contributed by atoms with E-state index in [9.17, 15) is 23.2 Å². The predicted octanol–water partition coefficient (Wildman–Crippen LogP) is 3.62. The maximum Gasteiger partial charge on any atom is 0.299 e. The highest BCUT2D eigenvalue weighted by molar-refractivity contribution is 7.10. The summed E-state index contributed by atoms with van der Waals surface area (Å²) in [5.74, 6) is -4.64. The highest BCUT2D eigenvalue weighted by atomic mass is 32.1. The lowest BCUT2D eigenvalue weighted by atomic mass is 10.0. The van der Waals surface area contributed by atoms with Crippen LogP contribution in [0.1, 0.15) is 51.3 Å². The van der Waals surface area contributed by atoms with Gasteiger partial charge in [0.2, 0.25) is 11.8 Å². The average molecular weight is 596 g/mol. The average Bonchev–Trinajstić information content (AvgIpc) is 3.68. The molecule has 3 atom stereocenters. The van der Waals surface area contributed by atoms with E-state index in [1.54, 1.807) is 36.8 Å². The number of nitrogens with zero attached hydrogens (tertiary/aromatic N) is 1. The van der Waals surface area contributed by atoms with Crippen LogP contribution in [0.5, 0.6) is 0 Å². The van der Waals surface area contributed by atoms with Crippen molar-refractivity contribution < 1.29 is 27.9 Å². The van der Waals surface area contributed by atoms with Crippen LogP contribution in [0.2, 0.25) is 0 Å². The van der Waals surface area contributed by atoms with Gasteiger partial charge in [0, 0.05) is 52.1 Å². The second-order valence-electron chi connectivity index (χ2n) is 10.6. The van der Waals surface area contributed by atoms with Gasteiger partial charge in [0.15, 0.2) is 0 Å². The first-order valence-corrected chi connectivity index (χ1v) is 14.3. The Morgan fingerprint density at radius 3 is 2.60 bits per heavy atom. The third-order valence-electron chi connectivity index (χ3n) is 7.71. The summed E-state index contributed by atoms with van der Waals surface area (Å²) in [5.41, 5.74) is 6.65. The van der Waals surface area contributed by atoms with Crippen molar-refractivity contribution in [3.05, 3.63) is 81.0 Å². The van der Waals surface area contributed by atoms with Crippen LogP contribution in [0.15, 0.2) is 53.9 Å². The first kappa shape index (κ1) is 29.3. The fourth-order valence-corrected chi connectivity index (χ4v) is 6.50. The molecule has 3 aromatic rings. The minimum absolute atomic E-state index is 0.0595. The standard InChI is InChI=1S/C30H31F2N5O4S/c1-16(25-11-19(15-42-25)27(33)34)36-29(40)24-9-17(14-41-2)13-37(24)26(38)12-35-28(39)18-7-8-23-21(10-18)20-5-3-4-6-22(20)30(23,31)32/h3-8,10-11,15-17,24H,9,12-14H2,1-2H3,(H3,33,34)(H,35,39)(H,36,40)/t16-,17-,24+/m1/s1. The molecule has 0 spiro atoms. The van der Waals surface area contributed by atoms with Gasteiger partial charge in [0.05, 0.1) is 19.2 Å². The molecule has 1 aliphatic carbocycles. The topological polar surface area (TPSA) is 138 Å². The van der Waals surface area contributed by atoms with Crippen molar-refractivity contribution in [2.75, 3.05) is 26.8 Å². The second-order valence-corrected chi connectivity index (χ2v) is 11.5. The van der Waals surface area contributed by atoms with Crippen LogP contribution in [0.3, 0.4) is 0 Å². The molecular formula is C30H31F2N5O4S. The molecule has 5 rings (SSSR count). The van der Waals surface area contributed by atoms with Gasteiger partial charge in [-0.05, 0) is 42.7 Å². The number of nitrogen functional groups attached to an aromatic ring is 1. The molecular weight excluding hydrogens is 564 g/mol. The number of carbonyl (C=O) groups excluding carboxylic acids is 3. The number of amidine groups is 1. The van der Waals surface area contributed by atoms with Gasteiger partial charge in [-0.25, -0.2) is 0 Å². The maximum atomic E-state index is 14.9. The first-order chi connectivity index (χ1) is 20.0. The number of nitrogens with two attached hydrogens (primary N) is 1. The second kappa shape index (κ2) is 11.6. The Kier molecular flexibility index (Phi) is 8.11. The molecule has 2 aromatic carbocycles. The molecule has 0 bridgehead atoms. The number of hydrogen-bond acceptors (Lipinski definition) is 6. The van der Waals surface area contributed by atoms with Crippen LogP contribution in [-0.4, -0.2) is 61.3 Å². The number of methoxy groups -OCH3 is 1. The molecule has 0 saturated carbocycles. The third kappa shape index (κ3) is 5.51. The molecule has 220 valence electrons. The minimum atomic E-state index is -3.16. The van der Waals surface area contributed by atoms with Gasteiger partial charge in [-0.2, -0.15) is 8.78 Å². The number of amides is 3. The Balaban J connectivity index is 1.26. The van der Waals surface area contributed by atoms with Crippen LogP contribution in [-0.2, 0) is 20.2 Å². The fraction of sp³-hybridized carbons (Fsp3) is 0.333. The number of halogens is 2. The van der Waals surface area contributed by atoms with Crippen LogP contribution in [0.25, 0.3) is 11.1 Å². The lowest BCUT2D eigenvalue weighted by Crippen LogP contribution is -2.49. The van der Waals surface area contributed by atoms with Gasteiger partial charge in [-0.3, -0.25) is 19.8 Å². The molecule has 1 fully saturated rings. The number of thiophene rings is 1. The van der Waals surface area contributed by atoms with Crippen molar-refractivity contribution in [2.24, 2.45) is 11.7 Å². The van der Waals surface area contributed by atoms with Crippen LogP contribution >= 0.6 is 11.3 Å². The van der Waals surface area contributed by atoms with Crippen molar-refractivity contribution in [2.45, 2.75) is 31.4 Å². The number of nitrogens with one attached hydrogen (secondary N) is 3. The number of likely N-dealkylation sites (tertiary alicyclic amines) is 1.